The number of nitrogens with zero attached hydrogens (tertiary/aromatic N) is 6. The number of nitrogens with one attached hydrogen (secondary N) is 1. The highest BCUT2D eigenvalue weighted by Gasteiger charge is 2.21. The number of likely N-dealkylation sites (N-methyl/N-ethyl adjacent to an activating group) is 1. The lowest BCUT2D eigenvalue weighted by molar-refractivity contribution is 0.0294. The number of fused-ring (bicyclic) bond motifs is 3. The molecule has 0 aliphatic carbocycles. The van der Waals surface area contributed by atoms with Crippen LogP contribution in [0.1, 0.15) is 32.7 Å². The van der Waals surface area contributed by atoms with E-state index in [0.717, 1.165) is 78.1 Å². The highest BCUT2D eigenvalue weighted by atomic mass is 16.5. The zero-order valence-corrected chi connectivity index (χ0v) is 22.4. The molecular weight excluding hydrogens is 466 g/mol. The third kappa shape index (κ3) is 5.47. The number of rotatable bonds is 9. The van der Waals surface area contributed by atoms with Gasteiger partial charge in [-0.2, -0.15) is 0 Å². The molecule has 9 nitrogen and oxygen atoms in total. The minimum atomic E-state index is 0.282. The van der Waals surface area contributed by atoms with E-state index in [0.29, 0.717) is 12.1 Å². The van der Waals surface area contributed by atoms with E-state index in [1.807, 2.05) is 30.7 Å². The first-order valence-corrected chi connectivity index (χ1v) is 13.0. The molecule has 0 radical (unpaired) electrons. The second-order valence-corrected chi connectivity index (χ2v) is 10.2. The zero-order chi connectivity index (χ0) is 25.9. The Hall–Kier alpha value is -3.43. The highest BCUT2D eigenvalue weighted by Crippen LogP contribution is 2.33. The van der Waals surface area contributed by atoms with Crippen molar-refractivity contribution in [2.45, 2.75) is 38.8 Å². The quantitative estimate of drug-likeness (QED) is 0.347. The predicted octanol–water partition coefficient (Wildman–Crippen LogP) is 4.86. The van der Waals surface area contributed by atoms with Crippen molar-refractivity contribution in [2.75, 3.05) is 57.7 Å². The third-order valence-corrected chi connectivity index (χ3v) is 6.97. The van der Waals surface area contributed by atoms with Gasteiger partial charge in [0.05, 0.1) is 42.9 Å². The average molecular weight is 504 g/mol. The summed E-state index contributed by atoms with van der Waals surface area (Å²) in [6.07, 6.45) is 6.13. The molecule has 1 saturated heterocycles. The number of benzene rings is 2. The van der Waals surface area contributed by atoms with E-state index in [-0.39, 0.29) is 6.04 Å². The van der Waals surface area contributed by atoms with E-state index in [1.54, 1.807) is 7.11 Å². The van der Waals surface area contributed by atoms with Gasteiger partial charge in [0, 0.05) is 49.0 Å². The van der Waals surface area contributed by atoms with Crippen molar-refractivity contribution >= 4 is 39.3 Å². The van der Waals surface area contributed by atoms with Crippen molar-refractivity contribution in [1.29, 1.82) is 0 Å². The SMILES string of the molecule is COc1cc(N2CCC(OCCN(C)C)CC2)ccc1Nc1ncc2ccc3ncn(C(C)C)c3c2n1. The molecule has 1 N–H and O–H groups in total. The molecule has 1 aliphatic heterocycles. The van der Waals surface area contributed by atoms with Gasteiger partial charge in [0.25, 0.3) is 0 Å². The minimum absolute atomic E-state index is 0.282. The average Bonchev–Trinajstić information content (AvgIpc) is 3.34. The molecule has 0 amide bonds. The van der Waals surface area contributed by atoms with Crippen LogP contribution < -0.4 is 15.0 Å². The van der Waals surface area contributed by atoms with Crippen molar-refractivity contribution in [3.63, 3.8) is 0 Å². The Balaban J connectivity index is 1.32. The molecule has 1 aliphatic rings. The van der Waals surface area contributed by atoms with Gasteiger partial charge in [-0.15, -0.1) is 0 Å². The summed E-state index contributed by atoms with van der Waals surface area (Å²) in [6.45, 7) is 7.97. The summed E-state index contributed by atoms with van der Waals surface area (Å²) < 4.78 is 14.0. The van der Waals surface area contributed by atoms with Crippen molar-refractivity contribution in [1.82, 2.24) is 24.4 Å². The molecule has 9 heteroatoms. The Morgan fingerprint density at radius 2 is 1.92 bits per heavy atom. The van der Waals surface area contributed by atoms with Crippen molar-refractivity contribution in [3.8, 4) is 5.75 Å². The van der Waals surface area contributed by atoms with Crippen LogP contribution in [-0.2, 0) is 4.74 Å². The van der Waals surface area contributed by atoms with E-state index in [4.69, 9.17) is 14.5 Å². The molecule has 3 heterocycles. The largest absolute Gasteiger partial charge is 0.494 e. The maximum absolute atomic E-state index is 6.06. The van der Waals surface area contributed by atoms with E-state index in [2.05, 4.69) is 69.7 Å². The van der Waals surface area contributed by atoms with Gasteiger partial charge < -0.3 is 29.2 Å². The van der Waals surface area contributed by atoms with Crippen LogP contribution in [0.15, 0.2) is 42.9 Å². The summed E-state index contributed by atoms with van der Waals surface area (Å²) in [5, 5.41) is 4.35. The summed E-state index contributed by atoms with van der Waals surface area (Å²) in [6, 6.07) is 10.6. The first-order valence-electron chi connectivity index (χ1n) is 13.0. The Labute approximate surface area is 218 Å². The first-order chi connectivity index (χ1) is 17.9. The molecule has 0 saturated carbocycles. The smallest absolute Gasteiger partial charge is 0.227 e. The van der Waals surface area contributed by atoms with Gasteiger partial charge in [-0.1, -0.05) is 0 Å². The van der Waals surface area contributed by atoms with Gasteiger partial charge >= 0.3 is 0 Å². The lowest BCUT2D eigenvalue weighted by Gasteiger charge is -2.34. The van der Waals surface area contributed by atoms with Crippen molar-refractivity contribution in [3.05, 3.63) is 42.9 Å². The maximum atomic E-state index is 6.06. The molecule has 1 fully saturated rings. The predicted molar refractivity (Wildman–Crippen MR) is 149 cm³/mol. The number of imidazole rings is 1. The number of aromatic nitrogens is 4. The Morgan fingerprint density at radius 3 is 2.65 bits per heavy atom. The lowest BCUT2D eigenvalue weighted by atomic mass is 10.1. The molecule has 2 aromatic carbocycles. The van der Waals surface area contributed by atoms with Crippen LogP contribution in [0.5, 0.6) is 5.75 Å². The first kappa shape index (κ1) is 25.2. The molecule has 5 rings (SSSR count). The summed E-state index contributed by atoms with van der Waals surface area (Å²) in [7, 11) is 5.84. The molecule has 0 bridgehead atoms. The fraction of sp³-hybridized carbons (Fsp3) is 0.464. The minimum Gasteiger partial charge on any atom is -0.494 e. The molecule has 196 valence electrons. The van der Waals surface area contributed by atoms with Crippen LogP contribution in [0.3, 0.4) is 0 Å². The Morgan fingerprint density at radius 1 is 1.11 bits per heavy atom. The van der Waals surface area contributed by atoms with E-state index < -0.39 is 0 Å². The number of piperidine rings is 1. The van der Waals surface area contributed by atoms with E-state index in [9.17, 15) is 0 Å². The topological polar surface area (TPSA) is 80.6 Å². The number of anilines is 3. The van der Waals surface area contributed by atoms with Gasteiger partial charge in [0.1, 0.15) is 11.3 Å². The Bertz CT molecular complexity index is 1360. The van der Waals surface area contributed by atoms with Crippen LogP contribution in [-0.4, -0.2) is 78.0 Å². The maximum Gasteiger partial charge on any atom is 0.227 e. The van der Waals surface area contributed by atoms with Gasteiger partial charge in [0.2, 0.25) is 5.95 Å². The summed E-state index contributed by atoms with van der Waals surface area (Å²) in [5.41, 5.74) is 4.81. The van der Waals surface area contributed by atoms with Crippen LogP contribution in [0.25, 0.3) is 21.9 Å². The van der Waals surface area contributed by atoms with E-state index in [1.165, 1.54) is 0 Å². The zero-order valence-electron chi connectivity index (χ0n) is 22.4. The van der Waals surface area contributed by atoms with Crippen LogP contribution >= 0.6 is 0 Å². The van der Waals surface area contributed by atoms with Crippen LogP contribution in [0.2, 0.25) is 0 Å². The summed E-state index contributed by atoms with van der Waals surface area (Å²) >= 11 is 0. The molecular formula is C28H37N7O2. The lowest BCUT2D eigenvalue weighted by Crippen LogP contribution is -2.37. The van der Waals surface area contributed by atoms with E-state index >= 15 is 0 Å². The fourth-order valence-corrected chi connectivity index (χ4v) is 4.85. The fourth-order valence-electron chi connectivity index (χ4n) is 4.85. The third-order valence-electron chi connectivity index (χ3n) is 6.97. The monoisotopic (exact) mass is 503 g/mol. The van der Waals surface area contributed by atoms with Crippen molar-refractivity contribution in [2.24, 2.45) is 0 Å². The number of methoxy groups -OCH3 is 1. The molecule has 37 heavy (non-hydrogen) atoms. The standard InChI is InChI=1S/C28H37N7O2/c1-19(2)35-18-30-24-8-6-20-17-29-28(32-26(20)27(24)35)31-23-9-7-21(16-25(23)36-5)34-12-10-22(11-13-34)37-15-14-33(3)4/h6-9,16-19,22H,10-15H2,1-5H3,(H,29,31,32). The Kier molecular flexibility index (Phi) is 7.43. The second-order valence-electron chi connectivity index (χ2n) is 10.2. The number of hydrogen-bond donors (Lipinski definition) is 1. The molecule has 2 aromatic heterocycles. The summed E-state index contributed by atoms with van der Waals surface area (Å²) in [4.78, 5) is 18.6. The van der Waals surface area contributed by atoms with Gasteiger partial charge in [-0.3, -0.25) is 0 Å². The number of ether oxygens (including phenoxy) is 2. The number of hydrogen-bond acceptors (Lipinski definition) is 8. The normalized spacial score (nSPS) is 14.8. The molecule has 4 aromatic rings. The summed E-state index contributed by atoms with van der Waals surface area (Å²) in [5.74, 6) is 1.29. The van der Waals surface area contributed by atoms with Gasteiger partial charge in [-0.05, 0) is 65.0 Å². The second kappa shape index (κ2) is 10.9. The molecule has 0 atom stereocenters. The van der Waals surface area contributed by atoms with Crippen LogP contribution in [0.4, 0.5) is 17.3 Å². The van der Waals surface area contributed by atoms with Crippen LogP contribution in [0, 0.1) is 0 Å². The molecule has 0 unspecified atom stereocenters. The van der Waals surface area contributed by atoms with Crippen molar-refractivity contribution < 1.29 is 9.47 Å². The van der Waals surface area contributed by atoms with Gasteiger partial charge in [0.15, 0.2) is 0 Å². The highest BCUT2D eigenvalue weighted by molar-refractivity contribution is 6.02. The molecule has 0 spiro atoms. The van der Waals surface area contributed by atoms with Gasteiger partial charge in [-0.25, -0.2) is 15.0 Å².